The van der Waals surface area contributed by atoms with Crippen LogP contribution in [0.25, 0.3) is 0 Å². The highest BCUT2D eigenvalue weighted by Crippen LogP contribution is 2.05. The van der Waals surface area contributed by atoms with Crippen LogP contribution in [0, 0.1) is 10.8 Å². The van der Waals surface area contributed by atoms with E-state index >= 15 is 0 Å². The zero-order valence-electron chi connectivity index (χ0n) is 14.0. The van der Waals surface area contributed by atoms with Crippen molar-refractivity contribution in [3.8, 4) is 0 Å². The van der Waals surface area contributed by atoms with Crippen LogP contribution in [0.1, 0.15) is 90.9 Å². The molecular formula is C16H36ClNO3. The van der Waals surface area contributed by atoms with Crippen molar-refractivity contribution in [3.05, 3.63) is 0 Å². The maximum Gasteiger partial charge on any atom is 0.282 e. The Kier molecular flexibility index (Phi) is 25.0. The molecule has 0 rings (SSSR count). The van der Waals surface area contributed by atoms with Gasteiger partial charge in [-0.3, -0.25) is 0 Å². The van der Waals surface area contributed by atoms with Crippen LogP contribution in [0.4, 0.5) is 0 Å². The van der Waals surface area contributed by atoms with E-state index in [1.54, 1.807) is 0 Å². The first kappa shape index (κ1) is 23.4. The van der Waals surface area contributed by atoms with Crippen molar-refractivity contribution in [1.82, 2.24) is 5.32 Å². The largest absolute Gasteiger partial charge is 0.321 e. The van der Waals surface area contributed by atoms with Crippen molar-refractivity contribution in [1.29, 1.82) is 0 Å². The van der Waals surface area contributed by atoms with Gasteiger partial charge < -0.3 is 14.6 Å². The van der Waals surface area contributed by atoms with Gasteiger partial charge in [0.25, 0.3) is 10.8 Å². The Balaban J connectivity index is 0. The second-order valence-electron chi connectivity index (χ2n) is 5.49. The smallest absolute Gasteiger partial charge is 0.282 e. The Morgan fingerprint density at radius 1 is 0.667 bits per heavy atom. The number of unbranched alkanes of at least 4 members (excludes halogenated alkanes) is 10. The molecule has 0 saturated heterocycles. The normalized spacial score (nSPS) is 10.6. The van der Waals surface area contributed by atoms with Gasteiger partial charge in [0, 0.05) is 4.66 Å². The number of hydrogen-bond acceptors (Lipinski definition) is 4. The SMILES string of the molecule is CCCCCCCCNCCCCCCCC.[O-][Cl+2]([O-])O. The van der Waals surface area contributed by atoms with Gasteiger partial charge in [-0.15, -0.1) is 0 Å². The third-order valence-corrected chi connectivity index (χ3v) is 3.41. The van der Waals surface area contributed by atoms with Gasteiger partial charge in [-0.2, -0.15) is 0 Å². The average molecular weight is 326 g/mol. The number of hydrogen-bond donors (Lipinski definition) is 2. The minimum Gasteiger partial charge on any atom is -0.321 e. The van der Waals surface area contributed by atoms with Gasteiger partial charge in [-0.05, 0) is 25.9 Å². The Morgan fingerprint density at radius 3 is 1.29 bits per heavy atom. The molecule has 0 spiro atoms. The highest BCUT2D eigenvalue weighted by molar-refractivity contribution is 4.51. The van der Waals surface area contributed by atoms with E-state index < -0.39 is 10.8 Å². The van der Waals surface area contributed by atoms with Crippen LogP contribution in [-0.2, 0) is 0 Å². The standard InChI is InChI=1S/C16H35N.ClHO3/c1-3-5-7-9-11-13-15-17-16-14-12-10-8-6-4-2;2-1(3)4/h17H,3-16H2,1-2H3;2H. The third-order valence-electron chi connectivity index (χ3n) is 3.41. The summed E-state index contributed by atoms with van der Waals surface area (Å²) in [5.41, 5.74) is 0. The van der Waals surface area contributed by atoms with E-state index in [1.165, 1.54) is 90.1 Å². The van der Waals surface area contributed by atoms with E-state index in [0.717, 1.165) is 0 Å². The molecule has 5 heteroatoms. The monoisotopic (exact) mass is 325 g/mol. The van der Waals surface area contributed by atoms with Crippen LogP contribution < -0.4 is 14.6 Å². The zero-order chi connectivity index (χ0) is 16.2. The maximum atomic E-state index is 8.52. The molecule has 0 saturated carbocycles. The first-order chi connectivity index (χ1) is 10.1. The molecule has 0 aliphatic rings. The summed E-state index contributed by atoms with van der Waals surface area (Å²) in [6.45, 7) is 7.03. The fourth-order valence-electron chi connectivity index (χ4n) is 2.19. The Labute approximate surface area is 134 Å². The lowest BCUT2D eigenvalue weighted by atomic mass is 10.1. The topological polar surface area (TPSA) is 78.4 Å². The molecule has 0 aliphatic carbocycles. The fourth-order valence-corrected chi connectivity index (χ4v) is 2.19. The molecule has 0 atom stereocenters. The van der Waals surface area contributed by atoms with Crippen molar-refractivity contribution in [2.24, 2.45) is 0 Å². The van der Waals surface area contributed by atoms with E-state index in [2.05, 4.69) is 19.2 Å². The van der Waals surface area contributed by atoms with Crippen LogP contribution in [0.15, 0.2) is 0 Å². The predicted molar refractivity (Wildman–Crippen MR) is 81.8 cm³/mol. The number of rotatable bonds is 14. The third kappa shape index (κ3) is 33.1. The molecule has 0 unspecified atom stereocenters. The van der Waals surface area contributed by atoms with Gasteiger partial charge in [0.1, 0.15) is 0 Å². The molecule has 0 radical (unpaired) electrons. The molecular weight excluding hydrogens is 290 g/mol. The summed E-state index contributed by atoms with van der Waals surface area (Å²) in [4.78, 5) is 0. The molecule has 0 aromatic rings. The van der Waals surface area contributed by atoms with Crippen molar-refractivity contribution < 1.29 is 24.8 Å². The summed E-state index contributed by atoms with van der Waals surface area (Å²) < 4.78 is 24.0. The minimum absolute atomic E-state index is 1.24. The quantitative estimate of drug-likeness (QED) is 0.481. The molecule has 0 fully saturated rings. The second kappa shape index (κ2) is 22.4. The molecule has 0 bridgehead atoms. The summed E-state index contributed by atoms with van der Waals surface area (Å²) >= 11 is 0. The van der Waals surface area contributed by atoms with Crippen molar-refractivity contribution in [3.63, 3.8) is 0 Å². The predicted octanol–water partition coefficient (Wildman–Crippen LogP) is 2.36. The van der Waals surface area contributed by atoms with Crippen molar-refractivity contribution in [2.75, 3.05) is 13.1 Å². The molecule has 0 heterocycles. The summed E-state index contributed by atoms with van der Waals surface area (Å²) in [6.07, 6.45) is 16.9. The molecule has 4 nitrogen and oxygen atoms in total. The van der Waals surface area contributed by atoms with E-state index in [9.17, 15) is 0 Å². The summed E-state index contributed by atoms with van der Waals surface area (Å²) in [6, 6.07) is 0. The van der Waals surface area contributed by atoms with E-state index in [-0.39, 0.29) is 0 Å². The van der Waals surface area contributed by atoms with Gasteiger partial charge in [0.2, 0.25) is 0 Å². The van der Waals surface area contributed by atoms with E-state index in [4.69, 9.17) is 14.0 Å². The summed E-state index contributed by atoms with van der Waals surface area (Å²) in [7, 11) is -2.60. The van der Waals surface area contributed by atoms with Gasteiger partial charge in [-0.1, -0.05) is 78.1 Å². The number of nitrogens with one attached hydrogen (secondary N) is 1. The van der Waals surface area contributed by atoms with Crippen molar-refractivity contribution >= 4 is 0 Å². The van der Waals surface area contributed by atoms with Gasteiger partial charge in [-0.25, -0.2) is 0 Å². The fraction of sp³-hybridized carbons (Fsp3) is 1.00. The molecule has 0 aromatic carbocycles. The van der Waals surface area contributed by atoms with Crippen LogP contribution in [-0.4, -0.2) is 17.7 Å². The summed E-state index contributed by atoms with van der Waals surface area (Å²) in [5.74, 6) is 0. The van der Waals surface area contributed by atoms with Crippen molar-refractivity contribution in [2.45, 2.75) is 90.9 Å². The highest BCUT2D eigenvalue weighted by Gasteiger charge is 1.92. The van der Waals surface area contributed by atoms with Gasteiger partial charge in [0.15, 0.2) is 0 Å². The Morgan fingerprint density at radius 2 is 0.952 bits per heavy atom. The highest BCUT2D eigenvalue weighted by atomic mass is 35.6. The lowest BCUT2D eigenvalue weighted by Crippen LogP contribution is -2.30. The summed E-state index contributed by atoms with van der Waals surface area (Å²) in [5, 5.41) is 3.57. The molecule has 0 aliphatic heterocycles. The Hall–Kier alpha value is 0.130. The molecule has 21 heavy (non-hydrogen) atoms. The zero-order valence-corrected chi connectivity index (χ0v) is 14.8. The lowest BCUT2D eigenvalue weighted by Gasteiger charge is -2.04. The molecule has 130 valence electrons. The molecule has 2 N–H and O–H groups in total. The van der Waals surface area contributed by atoms with E-state index in [1.807, 2.05) is 0 Å². The van der Waals surface area contributed by atoms with Crippen LogP contribution in [0.2, 0.25) is 0 Å². The van der Waals surface area contributed by atoms with Crippen LogP contribution in [0.5, 0.6) is 0 Å². The lowest BCUT2D eigenvalue weighted by molar-refractivity contribution is -1.63. The van der Waals surface area contributed by atoms with Crippen LogP contribution >= 0.6 is 0 Å². The second-order valence-corrected chi connectivity index (χ2v) is 5.89. The molecule has 0 amide bonds. The van der Waals surface area contributed by atoms with Gasteiger partial charge >= 0.3 is 0 Å². The van der Waals surface area contributed by atoms with Gasteiger partial charge in [0.05, 0.1) is 0 Å². The molecule has 0 aromatic heterocycles. The maximum absolute atomic E-state index is 8.52. The average Bonchev–Trinajstić information content (AvgIpc) is 2.43. The minimum atomic E-state index is -2.60. The first-order valence-electron chi connectivity index (χ1n) is 8.60. The number of halogens is 1. The van der Waals surface area contributed by atoms with E-state index in [0.29, 0.717) is 0 Å². The Bertz CT molecular complexity index is 155. The first-order valence-corrected chi connectivity index (χ1v) is 9.55. The van der Waals surface area contributed by atoms with Crippen LogP contribution in [0.3, 0.4) is 0 Å².